The van der Waals surface area contributed by atoms with Gasteiger partial charge in [-0.3, -0.25) is 9.69 Å². The summed E-state index contributed by atoms with van der Waals surface area (Å²) in [4.78, 5) is 28.8. The second kappa shape index (κ2) is 8.63. The van der Waals surface area contributed by atoms with Crippen molar-refractivity contribution in [2.45, 2.75) is 56.9 Å². The summed E-state index contributed by atoms with van der Waals surface area (Å²) in [5, 5.41) is 7.12. The van der Waals surface area contributed by atoms with Gasteiger partial charge in [0.2, 0.25) is 0 Å². The molecule has 6 rings (SSSR count). The van der Waals surface area contributed by atoms with Crippen molar-refractivity contribution in [1.29, 1.82) is 0 Å². The summed E-state index contributed by atoms with van der Waals surface area (Å²) in [6.07, 6.45) is 1.60. The van der Waals surface area contributed by atoms with Crippen LogP contribution < -0.4 is 10.5 Å². The van der Waals surface area contributed by atoms with E-state index < -0.39 is 24.3 Å². The summed E-state index contributed by atoms with van der Waals surface area (Å²) >= 11 is 0. The van der Waals surface area contributed by atoms with Crippen LogP contribution in [0.5, 0.6) is 5.75 Å². The highest BCUT2D eigenvalue weighted by Crippen LogP contribution is 2.67. The molecule has 0 saturated heterocycles. The number of benzene rings is 1. The third-order valence-corrected chi connectivity index (χ3v) is 7.79. The molecular formula is C23H26F5N3O4. The largest absolute Gasteiger partial charge is 0.490 e. The Morgan fingerprint density at radius 1 is 1.11 bits per heavy atom. The Balaban J connectivity index is 0.000000364. The van der Waals surface area contributed by atoms with Crippen molar-refractivity contribution in [3.63, 3.8) is 0 Å². The van der Waals surface area contributed by atoms with Gasteiger partial charge >= 0.3 is 18.8 Å². The van der Waals surface area contributed by atoms with Crippen LogP contribution >= 0.6 is 0 Å². The van der Waals surface area contributed by atoms with Gasteiger partial charge in [0.1, 0.15) is 5.75 Å². The molecule has 4 bridgehead atoms. The highest BCUT2D eigenvalue weighted by atomic mass is 19.4. The molecule has 1 heterocycles. The van der Waals surface area contributed by atoms with E-state index in [9.17, 15) is 26.7 Å². The maximum absolute atomic E-state index is 13.6. The molecule has 192 valence electrons. The van der Waals surface area contributed by atoms with Gasteiger partial charge in [-0.1, -0.05) is 12.1 Å². The fourth-order valence-corrected chi connectivity index (χ4v) is 6.91. The fraction of sp³-hybridized carbons (Fsp3) is 0.609. The quantitative estimate of drug-likeness (QED) is 0.602. The van der Waals surface area contributed by atoms with Gasteiger partial charge in [0.05, 0.1) is 0 Å². The standard InChI is InChI=1S/C21H25F2N3O2.C2HF3O2/c1-26-17(27)21(25-19(26)24,15-2-4-16(5-3-15)28-18(22)23)20-9-12-6-13(10-20)8-14(7-12)11-20;3-2(4,5)1(6)7/h2-5,12-14,18H,6-11H2,1H3,(H2,24,25);(H,6,7)/t12?,13?,14?,20?,21-;/m1./s1. The van der Waals surface area contributed by atoms with E-state index in [2.05, 4.69) is 4.74 Å². The maximum Gasteiger partial charge on any atom is 0.490 e. The van der Waals surface area contributed by atoms with Gasteiger partial charge in [0, 0.05) is 12.5 Å². The minimum atomic E-state index is -5.08. The molecule has 1 aliphatic heterocycles. The lowest BCUT2D eigenvalue weighted by Gasteiger charge is -2.61. The number of carboxylic acid groups (broad SMARTS) is 1. The number of amides is 1. The number of carbonyl (C=O) groups is 2. The summed E-state index contributed by atoms with van der Waals surface area (Å²) in [6, 6.07) is 6.43. The molecule has 0 aromatic heterocycles. The number of carbonyl (C=O) groups excluding carboxylic acids is 1. The number of alkyl halides is 5. The average Bonchev–Trinajstić information content (AvgIpc) is 2.98. The van der Waals surface area contributed by atoms with Gasteiger partial charge in [-0.05, 0) is 74.0 Å². The summed E-state index contributed by atoms with van der Waals surface area (Å²) < 4.78 is 61.3. The van der Waals surface area contributed by atoms with Gasteiger partial charge in [-0.25, -0.2) is 9.79 Å². The molecule has 1 aromatic carbocycles. The van der Waals surface area contributed by atoms with Crippen molar-refractivity contribution >= 4 is 17.8 Å². The summed E-state index contributed by atoms with van der Waals surface area (Å²) in [6.45, 7) is -2.88. The molecule has 1 amide bonds. The Bertz CT molecular complexity index is 992. The third-order valence-electron chi connectivity index (χ3n) is 7.79. The third kappa shape index (κ3) is 4.31. The van der Waals surface area contributed by atoms with Gasteiger partial charge in [0.25, 0.3) is 5.91 Å². The zero-order chi connectivity index (χ0) is 25.8. The molecular weight excluding hydrogens is 477 g/mol. The summed E-state index contributed by atoms with van der Waals surface area (Å²) in [7, 11) is 1.66. The van der Waals surface area contributed by atoms with Crippen LogP contribution in [0, 0.1) is 23.2 Å². The monoisotopic (exact) mass is 503 g/mol. The second-order valence-electron chi connectivity index (χ2n) is 9.95. The summed E-state index contributed by atoms with van der Waals surface area (Å²) in [5.74, 6) is -0.634. The predicted octanol–water partition coefficient (Wildman–Crippen LogP) is 4.12. The van der Waals surface area contributed by atoms with E-state index >= 15 is 0 Å². The molecule has 1 atom stereocenters. The van der Waals surface area contributed by atoms with E-state index in [1.54, 1.807) is 19.2 Å². The summed E-state index contributed by atoms with van der Waals surface area (Å²) in [5.41, 5.74) is 5.54. The highest BCUT2D eigenvalue weighted by molar-refractivity contribution is 6.07. The molecule has 5 aliphatic rings. The minimum Gasteiger partial charge on any atom is -0.475 e. The van der Waals surface area contributed by atoms with E-state index in [-0.39, 0.29) is 23.0 Å². The Hall–Kier alpha value is -2.92. The number of nitrogens with two attached hydrogens (primary N) is 1. The molecule has 0 radical (unpaired) electrons. The van der Waals surface area contributed by atoms with Crippen molar-refractivity contribution in [2.24, 2.45) is 33.9 Å². The molecule has 0 spiro atoms. The van der Waals surface area contributed by atoms with Crippen molar-refractivity contribution in [3.05, 3.63) is 29.8 Å². The van der Waals surface area contributed by atoms with E-state index in [0.29, 0.717) is 17.8 Å². The number of carboxylic acids is 1. The maximum atomic E-state index is 13.6. The van der Waals surface area contributed by atoms with Crippen LogP contribution in [0.3, 0.4) is 0 Å². The smallest absolute Gasteiger partial charge is 0.475 e. The minimum absolute atomic E-state index is 0.0789. The van der Waals surface area contributed by atoms with Crippen LogP contribution in [-0.4, -0.2) is 47.7 Å². The molecule has 0 unspecified atom stereocenters. The van der Waals surface area contributed by atoms with E-state index in [1.807, 2.05) is 0 Å². The average molecular weight is 503 g/mol. The molecule has 3 N–H and O–H groups in total. The lowest BCUT2D eigenvalue weighted by Crippen LogP contribution is -2.59. The Kier molecular flexibility index (Phi) is 6.21. The first-order valence-corrected chi connectivity index (χ1v) is 11.3. The number of nitrogens with zero attached hydrogens (tertiary/aromatic N) is 2. The number of ether oxygens (including phenoxy) is 1. The molecule has 4 saturated carbocycles. The Morgan fingerprint density at radius 2 is 1.57 bits per heavy atom. The lowest BCUT2D eigenvalue weighted by atomic mass is 9.43. The van der Waals surface area contributed by atoms with Crippen molar-refractivity contribution < 1.29 is 41.4 Å². The number of hydrogen-bond donors (Lipinski definition) is 2. The van der Waals surface area contributed by atoms with Crippen molar-refractivity contribution in [2.75, 3.05) is 7.05 Å². The highest BCUT2D eigenvalue weighted by Gasteiger charge is 2.67. The van der Waals surface area contributed by atoms with Crippen LogP contribution in [0.2, 0.25) is 0 Å². The zero-order valence-electron chi connectivity index (χ0n) is 18.9. The number of halogens is 5. The molecule has 4 aliphatic carbocycles. The SMILES string of the molecule is CN1C(=O)[C@](c2ccc(OC(F)F)cc2)(C23CC4CC(CC(C4)C2)C3)N=C1N.O=C(O)C(F)(F)F. The second-order valence-corrected chi connectivity index (χ2v) is 9.95. The van der Waals surface area contributed by atoms with Gasteiger partial charge in [-0.15, -0.1) is 0 Å². The fourth-order valence-electron chi connectivity index (χ4n) is 6.91. The number of hydrogen-bond acceptors (Lipinski definition) is 5. The first-order valence-electron chi connectivity index (χ1n) is 11.3. The van der Waals surface area contributed by atoms with Crippen LogP contribution in [0.25, 0.3) is 0 Å². The van der Waals surface area contributed by atoms with Gasteiger partial charge < -0.3 is 15.6 Å². The van der Waals surface area contributed by atoms with E-state index in [0.717, 1.165) is 24.8 Å². The Morgan fingerprint density at radius 3 is 1.91 bits per heavy atom. The Labute approximate surface area is 198 Å². The lowest BCUT2D eigenvalue weighted by molar-refractivity contribution is -0.192. The van der Waals surface area contributed by atoms with Gasteiger partial charge in [-0.2, -0.15) is 22.0 Å². The number of aliphatic carboxylic acids is 1. The van der Waals surface area contributed by atoms with Crippen molar-refractivity contribution in [1.82, 2.24) is 4.90 Å². The first-order chi connectivity index (χ1) is 16.3. The molecule has 12 heteroatoms. The van der Waals surface area contributed by atoms with Crippen LogP contribution in [-0.2, 0) is 15.1 Å². The number of likely N-dealkylation sites (N-methyl/N-ethyl adjacent to an activating group) is 1. The molecule has 4 fully saturated rings. The van der Waals surface area contributed by atoms with Crippen LogP contribution in [0.4, 0.5) is 22.0 Å². The predicted molar refractivity (Wildman–Crippen MR) is 113 cm³/mol. The first kappa shape index (κ1) is 25.2. The molecule has 1 aromatic rings. The van der Waals surface area contributed by atoms with Crippen LogP contribution in [0.1, 0.15) is 44.1 Å². The van der Waals surface area contributed by atoms with E-state index in [4.69, 9.17) is 20.6 Å². The zero-order valence-corrected chi connectivity index (χ0v) is 18.9. The topological polar surface area (TPSA) is 105 Å². The molecule has 35 heavy (non-hydrogen) atoms. The number of rotatable bonds is 4. The number of aliphatic imine (C=N–C) groups is 1. The normalized spacial score (nSPS) is 33.5. The van der Waals surface area contributed by atoms with Gasteiger partial charge in [0.15, 0.2) is 11.5 Å². The van der Waals surface area contributed by atoms with Crippen LogP contribution in [0.15, 0.2) is 29.3 Å². The van der Waals surface area contributed by atoms with E-state index in [1.165, 1.54) is 36.3 Å². The number of guanidine groups is 1. The van der Waals surface area contributed by atoms with Crippen molar-refractivity contribution in [3.8, 4) is 5.75 Å². The molecule has 7 nitrogen and oxygen atoms in total.